The number of rotatable bonds is 10. The molecule has 0 amide bonds. The molecule has 3 nitrogen and oxygen atoms in total. The Bertz CT molecular complexity index is 1470. The average molecular weight is 660 g/mol. The van der Waals surface area contributed by atoms with Crippen LogP contribution in [0.3, 0.4) is 0 Å². The summed E-state index contributed by atoms with van der Waals surface area (Å²) in [7, 11) is 0. The zero-order chi connectivity index (χ0) is 33.3. The molecule has 15 heteroatoms. The highest BCUT2D eigenvalue weighted by Crippen LogP contribution is 2.42. The second-order valence-corrected chi connectivity index (χ2v) is 10.4. The third kappa shape index (κ3) is 8.04. The van der Waals surface area contributed by atoms with Gasteiger partial charge in [0, 0.05) is 17.7 Å². The fourth-order valence-corrected chi connectivity index (χ4v) is 5.04. The van der Waals surface area contributed by atoms with Gasteiger partial charge in [0.25, 0.3) is 0 Å². The summed E-state index contributed by atoms with van der Waals surface area (Å²) in [6, 6.07) is 3.73. The maximum atomic E-state index is 15.0. The number of ether oxygens (including phenoxy) is 3. The van der Waals surface area contributed by atoms with E-state index in [4.69, 9.17) is 4.74 Å². The lowest BCUT2D eigenvalue weighted by Gasteiger charge is -2.29. The minimum atomic E-state index is -6.04. The van der Waals surface area contributed by atoms with Crippen molar-refractivity contribution in [3.8, 4) is 16.9 Å². The molecule has 3 aromatic rings. The molecule has 1 heterocycles. The van der Waals surface area contributed by atoms with Gasteiger partial charge in [0.05, 0.1) is 12.7 Å². The third-order valence-electron chi connectivity index (χ3n) is 7.14. The van der Waals surface area contributed by atoms with E-state index in [-0.39, 0.29) is 17.7 Å². The molecule has 2 unspecified atom stereocenters. The second-order valence-electron chi connectivity index (χ2n) is 10.4. The fourth-order valence-electron chi connectivity index (χ4n) is 5.04. The van der Waals surface area contributed by atoms with Crippen molar-refractivity contribution < 1.29 is 66.9 Å². The number of halogens is 12. The van der Waals surface area contributed by atoms with Crippen LogP contribution in [0.25, 0.3) is 11.1 Å². The Labute approximate surface area is 248 Å². The molecule has 3 aromatic carbocycles. The summed E-state index contributed by atoms with van der Waals surface area (Å²) >= 11 is 0. The zero-order valence-corrected chi connectivity index (χ0v) is 23.2. The van der Waals surface area contributed by atoms with Crippen molar-refractivity contribution in [1.29, 1.82) is 0 Å². The summed E-state index contributed by atoms with van der Waals surface area (Å²) in [5, 5.41) is 0. The van der Waals surface area contributed by atoms with Gasteiger partial charge in [0.1, 0.15) is 46.0 Å². The van der Waals surface area contributed by atoms with E-state index in [0.29, 0.717) is 36.6 Å². The van der Waals surface area contributed by atoms with E-state index in [1.165, 1.54) is 12.1 Å². The first-order valence-corrected chi connectivity index (χ1v) is 13.5. The first-order chi connectivity index (χ1) is 20.9. The Morgan fingerprint density at radius 1 is 0.733 bits per heavy atom. The summed E-state index contributed by atoms with van der Waals surface area (Å²) in [6.07, 6.45) is -12.5. The molecule has 0 saturated carbocycles. The Kier molecular flexibility index (Phi) is 10.0. The van der Waals surface area contributed by atoms with Crippen LogP contribution in [0.5, 0.6) is 5.75 Å². The normalized spacial score (nSPS) is 17.9. The number of alkyl halides is 7. The van der Waals surface area contributed by atoms with Gasteiger partial charge in [-0.1, -0.05) is 31.9 Å². The van der Waals surface area contributed by atoms with Gasteiger partial charge >= 0.3 is 18.6 Å². The minimum absolute atomic E-state index is 0.350. The van der Waals surface area contributed by atoms with E-state index < -0.39 is 76.2 Å². The summed E-state index contributed by atoms with van der Waals surface area (Å²) in [5.41, 5.74) is -5.06. The molecule has 1 fully saturated rings. The minimum Gasteiger partial charge on any atom is -0.429 e. The molecule has 246 valence electrons. The highest BCUT2D eigenvalue weighted by Gasteiger charge is 2.50. The monoisotopic (exact) mass is 660 g/mol. The van der Waals surface area contributed by atoms with Gasteiger partial charge in [0.15, 0.2) is 0 Å². The van der Waals surface area contributed by atoms with Crippen molar-refractivity contribution >= 4 is 0 Å². The van der Waals surface area contributed by atoms with Crippen LogP contribution in [-0.4, -0.2) is 13.0 Å². The predicted molar refractivity (Wildman–Crippen MR) is 135 cm³/mol. The molecule has 0 bridgehead atoms. The van der Waals surface area contributed by atoms with Crippen molar-refractivity contribution in [2.75, 3.05) is 6.61 Å². The molecule has 0 aliphatic carbocycles. The van der Waals surface area contributed by atoms with Gasteiger partial charge in [-0.15, -0.1) is 13.2 Å². The van der Waals surface area contributed by atoms with Crippen LogP contribution in [0, 0.1) is 35.0 Å². The van der Waals surface area contributed by atoms with Gasteiger partial charge in [-0.05, 0) is 54.5 Å². The van der Waals surface area contributed by atoms with Crippen LogP contribution in [0.15, 0.2) is 42.5 Å². The van der Waals surface area contributed by atoms with Crippen LogP contribution in [0.1, 0.15) is 61.8 Å². The van der Waals surface area contributed by atoms with E-state index in [1.54, 1.807) is 0 Å². The van der Waals surface area contributed by atoms with E-state index in [1.807, 2.05) is 0 Å². The van der Waals surface area contributed by atoms with Crippen LogP contribution in [0.2, 0.25) is 0 Å². The Hall–Kier alpha value is -3.46. The standard InChI is InChI=1S/C30H24F12O3/c1-2-3-4-15-5-8-25(43-14-15)16-6-7-19(20(31)9-16)17-10-21(32)26(22(33)11-17)28(36,37)44-18-12-23(34)27(24(35)13-18)29(38,39)45-30(40,41)42/h6-7,9-13,15,25H,2-5,8,14H2,1H3. The maximum absolute atomic E-state index is 15.0. The quantitative estimate of drug-likeness (QED) is 0.203. The number of hydrogen-bond acceptors (Lipinski definition) is 3. The summed E-state index contributed by atoms with van der Waals surface area (Å²) in [5.74, 6) is -11.1. The van der Waals surface area contributed by atoms with Gasteiger partial charge in [0.2, 0.25) is 0 Å². The molecular formula is C30H24F12O3. The second kappa shape index (κ2) is 13.1. The molecule has 0 spiro atoms. The first kappa shape index (κ1) is 34.4. The molecule has 0 aromatic heterocycles. The lowest BCUT2D eigenvalue weighted by molar-refractivity contribution is -0.432. The van der Waals surface area contributed by atoms with E-state index in [0.717, 1.165) is 31.7 Å². The molecule has 45 heavy (non-hydrogen) atoms. The topological polar surface area (TPSA) is 27.7 Å². The molecule has 2 atom stereocenters. The number of hydrogen-bond donors (Lipinski definition) is 0. The van der Waals surface area contributed by atoms with Gasteiger partial charge in [-0.3, -0.25) is 0 Å². The average Bonchev–Trinajstić information content (AvgIpc) is 2.89. The Morgan fingerprint density at radius 3 is 1.82 bits per heavy atom. The molecule has 1 aliphatic rings. The largest absolute Gasteiger partial charge is 0.527 e. The van der Waals surface area contributed by atoms with Crippen molar-refractivity contribution in [2.45, 2.75) is 63.7 Å². The van der Waals surface area contributed by atoms with Crippen LogP contribution in [0.4, 0.5) is 52.7 Å². The number of unbranched alkanes of at least 4 members (excludes halogenated alkanes) is 1. The van der Waals surface area contributed by atoms with E-state index >= 15 is 4.39 Å². The zero-order valence-electron chi connectivity index (χ0n) is 23.2. The smallest absolute Gasteiger partial charge is 0.429 e. The van der Waals surface area contributed by atoms with Gasteiger partial charge < -0.3 is 9.47 Å². The van der Waals surface area contributed by atoms with Crippen LogP contribution in [-0.2, 0) is 21.7 Å². The lowest BCUT2D eigenvalue weighted by Crippen LogP contribution is -2.30. The lowest BCUT2D eigenvalue weighted by atomic mass is 9.90. The van der Waals surface area contributed by atoms with Crippen LogP contribution >= 0.6 is 0 Å². The van der Waals surface area contributed by atoms with Crippen molar-refractivity contribution in [3.05, 3.63) is 88.2 Å². The SMILES string of the molecule is CCCCC1CCC(c2ccc(-c3cc(F)c(C(F)(F)Oc4cc(F)c(C(F)(F)OC(F)(F)F)c(F)c4)c(F)c3)c(F)c2)OC1. The fraction of sp³-hybridized carbons (Fsp3) is 0.400. The van der Waals surface area contributed by atoms with E-state index in [2.05, 4.69) is 16.4 Å². The van der Waals surface area contributed by atoms with Crippen molar-refractivity contribution in [1.82, 2.24) is 0 Å². The molecular weight excluding hydrogens is 636 g/mol. The maximum Gasteiger partial charge on any atom is 0.527 e. The highest BCUT2D eigenvalue weighted by molar-refractivity contribution is 5.65. The van der Waals surface area contributed by atoms with Gasteiger partial charge in [-0.25, -0.2) is 26.7 Å². The van der Waals surface area contributed by atoms with Crippen molar-refractivity contribution in [3.63, 3.8) is 0 Å². The van der Waals surface area contributed by atoms with Gasteiger partial charge in [-0.2, -0.15) is 17.6 Å². The molecule has 4 rings (SSSR count). The Morgan fingerprint density at radius 2 is 1.31 bits per heavy atom. The van der Waals surface area contributed by atoms with Crippen molar-refractivity contribution in [2.24, 2.45) is 5.92 Å². The summed E-state index contributed by atoms with van der Waals surface area (Å²) < 4.78 is 179. The first-order valence-electron chi connectivity index (χ1n) is 13.5. The molecule has 1 saturated heterocycles. The summed E-state index contributed by atoms with van der Waals surface area (Å²) in [6.45, 7) is 2.57. The number of benzene rings is 3. The highest BCUT2D eigenvalue weighted by atomic mass is 19.4. The Balaban J connectivity index is 1.54. The van der Waals surface area contributed by atoms with E-state index in [9.17, 15) is 48.3 Å². The van der Waals surface area contributed by atoms with Crippen LogP contribution < -0.4 is 4.74 Å². The molecule has 0 radical (unpaired) electrons. The third-order valence-corrected chi connectivity index (χ3v) is 7.14. The molecule has 1 aliphatic heterocycles. The summed E-state index contributed by atoms with van der Waals surface area (Å²) in [4.78, 5) is 0. The molecule has 0 N–H and O–H groups in total. The predicted octanol–water partition coefficient (Wildman–Crippen LogP) is 10.4.